The summed E-state index contributed by atoms with van der Waals surface area (Å²) >= 11 is 0.925. The SMILES string of the molecule is COc1ccc(-c2cc(C(F)(F)F)n(-c3nc(C(=O)N4CCCC[C@H]4c4cccnc4)cs3)n2)c(OC)c1. The first-order valence-electron chi connectivity index (χ1n) is 11.9. The highest BCUT2D eigenvalue weighted by molar-refractivity contribution is 7.12. The van der Waals surface area contributed by atoms with E-state index in [0.29, 0.717) is 23.6 Å². The van der Waals surface area contributed by atoms with Crippen LogP contribution in [0.2, 0.25) is 0 Å². The molecule has 4 aromatic rings. The molecule has 3 aromatic heterocycles. The van der Waals surface area contributed by atoms with Gasteiger partial charge in [0, 0.05) is 35.9 Å². The number of ether oxygens (including phenoxy) is 2. The second-order valence-electron chi connectivity index (χ2n) is 8.70. The van der Waals surface area contributed by atoms with E-state index >= 15 is 0 Å². The van der Waals surface area contributed by atoms with Crippen LogP contribution in [0.25, 0.3) is 16.4 Å². The molecule has 0 bridgehead atoms. The highest BCUT2D eigenvalue weighted by Crippen LogP contribution is 2.39. The molecule has 0 saturated carbocycles. The lowest BCUT2D eigenvalue weighted by atomic mass is 9.96. The summed E-state index contributed by atoms with van der Waals surface area (Å²) in [6, 6.07) is 9.27. The molecule has 1 aliphatic heterocycles. The lowest BCUT2D eigenvalue weighted by molar-refractivity contribution is -0.142. The number of piperidine rings is 1. The number of thiazole rings is 1. The summed E-state index contributed by atoms with van der Waals surface area (Å²) in [5.41, 5.74) is 0.393. The number of rotatable bonds is 6. The van der Waals surface area contributed by atoms with Crippen LogP contribution < -0.4 is 9.47 Å². The van der Waals surface area contributed by atoms with Crippen LogP contribution in [0.4, 0.5) is 13.2 Å². The molecule has 0 N–H and O–H groups in total. The standard InChI is InChI=1S/C26H24F3N5O3S/c1-36-17-8-9-18(22(12-17)37-2)19-13-23(26(27,28)29)34(32-19)25-31-20(15-38-25)24(35)33-11-4-3-7-21(33)16-6-5-10-30-14-16/h5-6,8-10,12-15,21H,3-4,7,11H2,1-2H3/t21-/m0/s1. The highest BCUT2D eigenvalue weighted by Gasteiger charge is 2.38. The number of aromatic nitrogens is 4. The Labute approximate surface area is 220 Å². The molecule has 1 aromatic carbocycles. The van der Waals surface area contributed by atoms with Crippen molar-refractivity contribution in [2.75, 3.05) is 20.8 Å². The van der Waals surface area contributed by atoms with Crippen molar-refractivity contribution in [3.05, 3.63) is 71.1 Å². The summed E-state index contributed by atoms with van der Waals surface area (Å²) in [6.45, 7) is 0.530. The summed E-state index contributed by atoms with van der Waals surface area (Å²) in [7, 11) is 2.90. The van der Waals surface area contributed by atoms with E-state index in [9.17, 15) is 18.0 Å². The van der Waals surface area contributed by atoms with Crippen LogP contribution in [0.5, 0.6) is 11.5 Å². The van der Waals surface area contributed by atoms with Gasteiger partial charge < -0.3 is 14.4 Å². The number of amides is 1. The zero-order chi connectivity index (χ0) is 26.9. The number of carbonyl (C=O) groups excluding carboxylic acids is 1. The molecule has 4 heterocycles. The maximum atomic E-state index is 14.0. The first-order valence-corrected chi connectivity index (χ1v) is 12.7. The predicted octanol–water partition coefficient (Wildman–Crippen LogP) is 5.79. The zero-order valence-corrected chi connectivity index (χ0v) is 21.4. The van der Waals surface area contributed by atoms with Gasteiger partial charge in [-0.15, -0.1) is 11.3 Å². The number of halogens is 3. The fraction of sp³-hybridized carbons (Fsp3) is 0.308. The van der Waals surface area contributed by atoms with E-state index < -0.39 is 11.9 Å². The highest BCUT2D eigenvalue weighted by atomic mass is 32.1. The number of alkyl halides is 3. The largest absolute Gasteiger partial charge is 0.497 e. The van der Waals surface area contributed by atoms with Crippen molar-refractivity contribution in [1.29, 1.82) is 0 Å². The first-order chi connectivity index (χ1) is 18.3. The first kappa shape index (κ1) is 25.7. The fourth-order valence-electron chi connectivity index (χ4n) is 4.57. The molecule has 5 rings (SSSR count). The molecule has 12 heteroatoms. The van der Waals surface area contributed by atoms with E-state index in [2.05, 4.69) is 15.1 Å². The third-order valence-electron chi connectivity index (χ3n) is 6.41. The number of benzene rings is 1. The maximum absolute atomic E-state index is 14.0. The number of hydrogen-bond acceptors (Lipinski definition) is 7. The average molecular weight is 544 g/mol. The van der Waals surface area contributed by atoms with E-state index in [1.54, 1.807) is 35.5 Å². The molecule has 38 heavy (non-hydrogen) atoms. The molecule has 1 aliphatic rings. The second-order valence-corrected chi connectivity index (χ2v) is 9.54. The van der Waals surface area contributed by atoms with Gasteiger partial charge in [-0.3, -0.25) is 9.78 Å². The molecule has 0 aliphatic carbocycles. The van der Waals surface area contributed by atoms with Gasteiger partial charge in [0.2, 0.25) is 5.13 Å². The second kappa shape index (κ2) is 10.4. The number of hydrogen-bond donors (Lipinski definition) is 0. The van der Waals surface area contributed by atoms with E-state index in [1.807, 2.05) is 12.1 Å². The van der Waals surface area contributed by atoms with Gasteiger partial charge in [-0.1, -0.05) is 6.07 Å². The fourth-order valence-corrected chi connectivity index (χ4v) is 5.33. The molecule has 0 radical (unpaired) electrons. The molecule has 1 atom stereocenters. The molecule has 1 fully saturated rings. The Morgan fingerprint density at radius 3 is 2.68 bits per heavy atom. The summed E-state index contributed by atoms with van der Waals surface area (Å²) in [6.07, 6.45) is 1.27. The molecule has 0 unspecified atom stereocenters. The number of methoxy groups -OCH3 is 2. The molecule has 8 nitrogen and oxygen atoms in total. The summed E-state index contributed by atoms with van der Waals surface area (Å²) in [5.74, 6) is 0.467. The molecule has 1 amide bonds. The van der Waals surface area contributed by atoms with Crippen LogP contribution in [-0.4, -0.2) is 51.3 Å². The quantitative estimate of drug-likeness (QED) is 0.306. The van der Waals surface area contributed by atoms with Crippen LogP contribution >= 0.6 is 11.3 Å². The van der Waals surface area contributed by atoms with Crippen LogP contribution in [0, 0.1) is 0 Å². The number of pyridine rings is 1. The molecule has 198 valence electrons. The van der Waals surface area contributed by atoms with Crippen molar-refractivity contribution >= 4 is 17.2 Å². The Morgan fingerprint density at radius 2 is 1.97 bits per heavy atom. The van der Waals surface area contributed by atoms with E-state index in [1.165, 1.54) is 19.6 Å². The van der Waals surface area contributed by atoms with Gasteiger partial charge >= 0.3 is 6.18 Å². The van der Waals surface area contributed by atoms with E-state index in [0.717, 1.165) is 46.9 Å². The Morgan fingerprint density at radius 1 is 1.13 bits per heavy atom. The summed E-state index contributed by atoms with van der Waals surface area (Å²) in [4.78, 5) is 23.6. The zero-order valence-electron chi connectivity index (χ0n) is 20.6. The van der Waals surface area contributed by atoms with Crippen LogP contribution in [-0.2, 0) is 6.18 Å². The summed E-state index contributed by atoms with van der Waals surface area (Å²) < 4.78 is 53.4. The third-order valence-corrected chi connectivity index (χ3v) is 7.23. The predicted molar refractivity (Wildman–Crippen MR) is 135 cm³/mol. The smallest absolute Gasteiger partial charge is 0.433 e. The van der Waals surface area contributed by atoms with Crippen LogP contribution in [0.1, 0.15) is 47.1 Å². The van der Waals surface area contributed by atoms with Crippen LogP contribution in [0.3, 0.4) is 0 Å². The van der Waals surface area contributed by atoms with Gasteiger partial charge in [0.15, 0.2) is 5.69 Å². The van der Waals surface area contributed by atoms with Crippen molar-refractivity contribution in [2.45, 2.75) is 31.5 Å². The minimum absolute atomic E-state index is 0.0487. The third kappa shape index (κ3) is 4.95. The normalized spacial score (nSPS) is 15.9. The van der Waals surface area contributed by atoms with Crippen molar-refractivity contribution in [3.8, 4) is 27.9 Å². The van der Waals surface area contributed by atoms with Gasteiger partial charge in [0.25, 0.3) is 5.91 Å². The van der Waals surface area contributed by atoms with Crippen molar-refractivity contribution in [2.24, 2.45) is 0 Å². The van der Waals surface area contributed by atoms with Gasteiger partial charge in [0.1, 0.15) is 17.2 Å². The number of likely N-dealkylation sites (tertiary alicyclic amines) is 1. The Kier molecular flexibility index (Phi) is 7.06. The Bertz CT molecular complexity index is 1440. The molecular formula is C26H24F3N5O3S. The Hall–Kier alpha value is -3.93. The molecular weight excluding hydrogens is 519 g/mol. The van der Waals surface area contributed by atoms with Crippen LogP contribution in [0.15, 0.2) is 54.2 Å². The maximum Gasteiger partial charge on any atom is 0.433 e. The molecule has 0 spiro atoms. The van der Waals surface area contributed by atoms with Crippen molar-refractivity contribution < 1.29 is 27.4 Å². The van der Waals surface area contributed by atoms with Gasteiger partial charge in [-0.2, -0.15) is 18.3 Å². The van der Waals surface area contributed by atoms with E-state index in [4.69, 9.17) is 9.47 Å². The van der Waals surface area contributed by atoms with Crippen molar-refractivity contribution in [1.82, 2.24) is 24.6 Å². The summed E-state index contributed by atoms with van der Waals surface area (Å²) in [5, 5.41) is 5.63. The Balaban J connectivity index is 1.50. The molecule has 1 saturated heterocycles. The lowest BCUT2D eigenvalue weighted by Gasteiger charge is -2.35. The average Bonchev–Trinajstić information content (AvgIpc) is 3.61. The lowest BCUT2D eigenvalue weighted by Crippen LogP contribution is -2.38. The topological polar surface area (TPSA) is 82.4 Å². The minimum atomic E-state index is -4.71. The van der Waals surface area contributed by atoms with E-state index in [-0.39, 0.29) is 28.5 Å². The monoisotopic (exact) mass is 543 g/mol. The van der Waals surface area contributed by atoms with Crippen molar-refractivity contribution in [3.63, 3.8) is 0 Å². The number of nitrogens with zero attached hydrogens (tertiary/aromatic N) is 5. The van der Waals surface area contributed by atoms with Gasteiger partial charge in [-0.25, -0.2) is 9.67 Å². The van der Waals surface area contributed by atoms with Gasteiger partial charge in [-0.05, 0) is 49.1 Å². The van der Waals surface area contributed by atoms with Gasteiger partial charge in [0.05, 0.1) is 26.0 Å². The number of carbonyl (C=O) groups is 1. The minimum Gasteiger partial charge on any atom is -0.497 e.